The number of hydrogen-bond donors (Lipinski definition) is 1. The van der Waals surface area contributed by atoms with Crippen LogP contribution in [0.3, 0.4) is 0 Å². The zero-order chi connectivity index (χ0) is 15.6. The van der Waals surface area contributed by atoms with E-state index in [0.29, 0.717) is 35.4 Å². The third kappa shape index (κ3) is 3.82. The molecule has 1 aromatic rings. The fraction of sp³-hybridized carbons (Fsp3) is 0.533. The van der Waals surface area contributed by atoms with Crippen LogP contribution < -0.4 is 10.5 Å². The summed E-state index contributed by atoms with van der Waals surface area (Å²) in [6.45, 7) is 5.79. The molecule has 1 aliphatic rings. The van der Waals surface area contributed by atoms with Crippen LogP contribution in [-0.2, 0) is 4.79 Å². The first-order chi connectivity index (χ1) is 9.84. The maximum Gasteiger partial charge on any atom is 0.263 e. The van der Waals surface area contributed by atoms with Gasteiger partial charge in [-0.05, 0) is 43.5 Å². The van der Waals surface area contributed by atoms with Crippen molar-refractivity contribution < 1.29 is 9.53 Å². The van der Waals surface area contributed by atoms with E-state index in [1.807, 2.05) is 0 Å². The van der Waals surface area contributed by atoms with E-state index in [2.05, 4.69) is 6.92 Å². The second kappa shape index (κ2) is 6.42. The molecule has 116 valence electrons. The van der Waals surface area contributed by atoms with Crippen LogP contribution >= 0.6 is 23.2 Å². The fourth-order valence-corrected chi connectivity index (χ4v) is 2.90. The van der Waals surface area contributed by atoms with Crippen LogP contribution in [0.1, 0.15) is 20.3 Å². The number of carbonyl (C=O) groups excluding carboxylic acids is 1. The van der Waals surface area contributed by atoms with Crippen LogP contribution in [0, 0.1) is 5.41 Å². The smallest absolute Gasteiger partial charge is 0.263 e. The highest BCUT2D eigenvalue weighted by atomic mass is 35.5. The SMILES string of the molecule is CC(Oc1ccc(Cl)cc1Cl)C(=O)N1CCC(C)(CN)C1. The minimum atomic E-state index is -0.594. The molecule has 4 nitrogen and oxygen atoms in total. The van der Waals surface area contributed by atoms with Crippen molar-refractivity contribution in [2.24, 2.45) is 11.1 Å². The molecule has 21 heavy (non-hydrogen) atoms. The van der Waals surface area contributed by atoms with Crippen molar-refractivity contribution in [1.82, 2.24) is 4.90 Å². The molecule has 2 unspecified atom stereocenters. The van der Waals surface area contributed by atoms with Crippen LogP contribution in [0.25, 0.3) is 0 Å². The second-order valence-electron chi connectivity index (χ2n) is 5.86. The topological polar surface area (TPSA) is 55.6 Å². The first kappa shape index (κ1) is 16.4. The summed E-state index contributed by atoms with van der Waals surface area (Å²) in [5.41, 5.74) is 5.77. The molecule has 1 fully saturated rings. The fourth-order valence-electron chi connectivity index (χ4n) is 2.45. The van der Waals surface area contributed by atoms with Crippen LogP contribution in [-0.4, -0.2) is 36.5 Å². The number of likely N-dealkylation sites (tertiary alicyclic amines) is 1. The molecule has 2 atom stereocenters. The van der Waals surface area contributed by atoms with E-state index in [-0.39, 0.29) is 11.3 Å². The van der Waals surface area contributed by atoms with Gasteiger partial charge in [0.05, 0.1) is 5.02 Å². The summed E-state index contributed by atoms with van der Waals surface area (Å²) < 4.78 is 5.66. The third-order valence-corrected chi connectivity index (χ3v) is 4.44. The van der Waals surface area contributed by atoms with Crippen molar-refractivity contribution >= 4 is 29.1 Å². The van der Waals surface area contributed by atoms with Crippen LogP contribution in [0.5, 0.6) is 5.75 Å². The van der Waals surface area contributed by atoms with Gasteiger partial charge in [0.2, 0.25) is 0 Å². The van der Waals surface area contributed by atoms with Gasteiger partial charge in [-0.15, -0.1) is 0 Å². The van der Waals surface area contributed by atoms with E-state index in [1.165, 1.54) is 0 Å². The molecule has 6 heteroatoms. The van der Waals surface area contributed by atoms with E-state index in [1.54, 1.807) is 30.0 Å². The Morgan fingerprint density at radius 1 is 1.52 bits per heavy atom. The van der Waals surface area contributed by atoms with Crippen molar-refractivity contribution in [2.45, 2.75) is 26.4 Å². The monoisotopic (exact) mass is 330 g/mol. The molecule has 2 rings (SSSR count). The molecule has 1 amide bonds. The lowest BCUT2D eigenvalue weighted by Gasteiger charge is -2.25. The zero-order valence-electron chi connectivity index (χ0n) is 12.2. The Balaban J connectivity index is 2.00. The van der Waals surface area contributed by atoms with Crippen molar-refractivity contribution in [1.29, 1.82) is 0 Å². The average Bonchev–Trinajstić information content (AvgIpc) is 2.84. The number of nitrogens with two attached hydrogens (primary N) is 1. The van der Waals surface area contributed by atoms with Crippen molar-refractivity contribution in [3.05, 3.63) is 28.2 Å². The second-order valence-corrected chi connectivity index (χ2v) is 6.70. The Morgan fingerprint density at radius 3 is 2.81 bits per heavy atom. The molecule has 1 heterocycles. The summed E-state index contributed by atoms with van der Waals surface area (Å²) in [4.78, 5) is 14.2. The summed E-state index contributed by atoms with van der Waals surface area (Å²) >= 11 is 11.9. The van der Waals surface area contributed by atoms with E-state index in [4.69, 9.17) is 33.7 Å². The lowest BCUT2D eigenvalue weighted by atomic mass is 9.90. The highest BCUT2D eigenvalue weighted by Gasteiger charge is 2.36. The lowest BCUT2D eigenvalue weighted by Crippen LogP contribution is -2.41. The quantitative estimate of drug-likeness (QED) is 0.923. The molecule has 1 aliphatic heterocycles. The molecule has 0 spiro atoms. The number of halogens is 2. The molecule has 0 aliphatic carbocycles. The van der Waals surface area contributed by atoms with Gasteiger partial charge in [0.1, 0.15) is 5.75 Å². The van der Waals surface area contributed by atoms with Gasteiger partial charge in [-0.25, -0.2) is 0 Å². The van der Waals surface area contributed by atoms with Crippen molar-refractivity contribution in [2.75, 3.05) is 19.6 Å². The minimum Gasteiger partial charge on any atom is -0.479 e. The maximum absolute atomic E-state index is 12.4. The number of carbonyl (C=O) groups is 1. The highest BCUT2D eigenvalue weighted by Crippen LogP contribution is 2.31. The van der Waals surface area contributed by atoms with E-state index < -0.39 is 6.10 Å². The molecular weight excluding hydrogens is 311 g/mol. The summed E-state index contributed by atoms with van der Waals surface area (Å²) in [7, 11) is 0. The highest BCUT2D eigenvalue weighted by molar-refractivity contribution is 6.35. The molecule has 1 saturated heterocycles. The lowest BCUT2D eigenvalue weighted by molar-refractivity contribution is -0.137. The number of ether oxygens (including phenoxy) is 1. The predicted molar refractivity (Wildman–Crippen MR) is 84.9 cm³/mol. The molecule has 0 bridgehead atoms. The number of amides is 1. The minimum absolute atomic E-state index is 0.00724. The van der Waals surface area contributed by atoms with E-state index in [0.717, 1.165) is 6.42 Å². The van der Waals surface area contributed by atoms with E-state index in [9.17, 15) is 4.79 Å². The van der Waals surface area contributed by atoms with Gasteiger partial charge < -0.3 is 15.4 Å². The number of hydrogen-bond acceptors (Lipinski definition) is 3. The van der Waals surface area contributed by atoms with Crippen LogP contribution in [0.15, 0.2) is 18.2 Å². The van der Waals surface area contributed by atoms with Crippen molar-refractivity contribution in [3.63, 3.8) is 0 Å². The van der Waals surface area contributed by atoms with E-state index >= 15 is 0 Å². The van der Waals surface area contributed by atoms with Crippen LogP contribution in [0.4, 0.5) is 0 Å². The summed E-state index contributed by atoms with van der Waals surface area (Å²) in [6.07, 6.45) is 0.327. The maximum atomic E-state index is 12.4. The Hall–Kier alpha value is -0.970. The Labute approximate surface area is 135 Å². The molecule has 0 aromatic heterocycles. The normalized spacial score (nSPS) is 23.2. The standard InChI is InChI=1S/C15H20Cl2N2O2/c1-10(21-13-4-3-11(16)7-12(13)17)14(20)19-6-5-15(2,8-18)9-19/h3-4,7,10H,5-6,8-9,18H2,1-2H3. The largest absolute Gasteiger partial charge is 0.479 e. The van der Waals surface area contributed by atoms with Crippen LogP contribution in [0.2, 0.25) is 10.0 Å². The number of benzene rings is 1. The number of nitrogens with zero attached hydrogens (tertiary/aromatic N) is 1. The van der Waals surface area contributed by atoms with Gasteiger partial charge in [0.25, 0.3) is 5.91 Å². The molecular formula is C15H20Cl2N2O2. The van der Waals surface area contributed by atoms with Gasteiger partial charge in [-0.2, -0.15) is 0 Å². The predicted octanol–water partition coefficient (Wildman–Crippen LogP) is 2.96. The van der Waals surface area contributed by atoms with Gasteiger partial charge in [0.15, 0.2) is 6.10 Å². The first-order valence-corrected chi connectivity index (χ1v) is 7.71. The third-order valence-electron chi connectivity index (χ3n) is 3.91. The molecule has 1 aromatic carbocycles. The van der Waals surface area contributed by atoms with Gasteiger partial charge in [-0.1, -0.05) is 30.1 Å². The molecule has 0 saturated carbocycles. The van der Waals surface area contributed by atoms with Crippen molar-refractivity contribution in [3.8, 4) is 5.75 Å². The van der Waals surface area contributed by atoms with Gasteiger partial charge in [-0.3, -0.25) is 4.79 Å². The summed E-state index contributed by atoms with van der Waals surface area (Å²) in [6, 6.07) is 4.95. The molecule has 2 N–H and O–H groups in total. The Bertz CT molecular complexity index is 538. The average molecular weight is 331 g/mol. The Kier molecular flexibility index (Phi) is 5.02. The zero-order valence-corrected chi connectivity index (χ0v) is 13.7. The molecule has 0 radical (unpaired) electrons. The van der Waals surface area contributed by atoms with Gasteiger partial charge in [0, 0.05) is 18.1 Å². The first-order valence-electron chi connectivity index (χ1n) is 6.95. The Morgan fingerprint density at radius 2 is 2.24 bits per heavy atom. The van der Waals surface area contributed by atoms with Gasteiger partial charge >= 0.3 is 0 Å². The summed E-state index contributed by atoms with van der Waals surface area (Å²) in [5.74, 6) is 0.417. The summed E-state index contributed by atoms with van der Waals surface area (Å²) in [5, 5.41) is 0.931. The number of rotatable bonds is 4.